The van der Waals surface area contributed by atoms with Crippen LogP contribution in [0.5, 0.6) is 0 Å². The van der Waals surface area contributed by atoms with Crippen LogP contribution in [0.4, 0.5) is 4.39 Å². The normalized spacial score (nSPS) is 12.4. The number of nitrogens with zero attached hydrogens (tertiary/aromatic N) is 2. The summed E-state index contributed by atoms with van der Waals surface area (Å²) in [5, 5.41) is 7.12. The number of H-pyrrole nitrogens is 1. The Labute approximate surface area is 175 Å². The minimum Gasteiger partial charge on any atom is -0.282 e. The molecule has 0 aliphatic heterocycles. The number of hydrogen-bond donors (Lipinski definition) is 1. The number of benzene rings is 2. The van der Waals surface area contributed by atoms with Crippen LogP contribution in [-0.2, 0) is 26.3 Å². The van der Waals surface area contributed by atoms with Gasteiger partial charge in [-0.05, 0) is 61.4 Å². The fraction of sp³-hybridized carbons (Fsp3) is 0.250. The van der Waals surface area contributed by atoms with Crippen LogP contribution >= 0.6 is 0 Å². The number of aromatic nitrogens is 2. The van der Waals surface area contributed by atoms with Crippen molar-refractivity contribution in [2.45, 2.75) is 22.6 Å². The zero-order valence-corrected chi connectivity index (χ0v) is 18.2. The van der Waals surface area contributed by atoms with Crippen LogP contribution in [0.25, 0.3) is 11.3 Å². The summed E-state index contributed by atoms with van der Waals surface area (Å²) in [5.74, 6) is -0.319. The van der Waals surface area contributed by atoms with Gasteiger partial charge in [-0.25, -0.2) is 25.5 Å². The van der Waals surface area contributed by atoms with E-state index in [0.717, 1.165) is 17.5 Å². The highest BCUT2D eigenvalue weighted by Gasteiger charge is 2.22. The highest BCUT2D eigenvalue weighted by molar-refractivity contribution is 7.91. The van der Waals surface area contributed by atoms with Crippen molar-refractivity contribution in [3.63, 3.8) is 0 Å². The number of halogens is 1. The van der Waals surface area contributed by atoms with Crippen molar-refractivity contribution >= 4 is 19.9 Å². The van der Waals surface area contributed by atoms with E-state index in [1.807, 2.05) is 6.07 Å². The van der Waals surface area contributed by atoms with Gasteiger partial charge in [-0.2, -0.15) is 5.10 Å². The fourth-order valence-corrected chi connectivity index (χ4v) is 4.91. The SMILES string of the molecule is CN(CCCc1cc(-c2ccc(F)cc2)n[nH]1)S(=O)(=O)c1cccc(S(C)(=O)=O)c1. The molecule has 0 aliphatic rings. The molecule has 30 heavy (non-hydrogen) atoms. The molecule has 10 heteroatoms. The van der Waals surface area contributed by atoms with Gasteiger partial charge in [-0.1, -0.05) is 6.07 Å². The lowest BCUT2D eigenvalue weighted by molar-refractivity contribution is 0.460. The molecule has 3 aromatic rings. The summed E-state index contributed by atoms with van der Waals surface area (Å²) >= 11 is 0. The molecule has 160 valence electrons. The van der Waals surface area contributed by atoms with Crippen LogP contribution < -0.4 is 0 Å². The summed E-state index contributed by atoms with van der Waals surface area (Å²) in [6.07, 6.45) is 2.14. The minimum absolute atomic E-state index is 0.0391. The molecule has 0 bridgehead atoms. The average Bonchev–Trinajstić information content (AvgIpc) is 3.16. The topological polar surface area (TPSA) is 100 Å². The molecular weight excluding hydrogens is 429 g/mol. The van der Waals surface area contributed by atoms with E-state index in [4.69, 9.17) is 0 Å². The van der Waals surface area contributed by atoms with Gasteiger partial charge in [-0.3, -0.25) is 5.10 Å². The number of aromatic amines is 1. The number of sulfonamides is 1. The van der Waals surface area contributed by atoms with E-state index in [1.54, 1.807) is 12.1 Å². The fourth-order valence-electron chi connectivity index (χ4n) is 2.92. The first-order chi connectivity index (χ1) is 14.1. The predicted molar refractivity (Wildman–Crippen MR) is 112 cm³/mol. The molecule has 1 aromatic heterocycles. The van der Waals surface area contributed by atoms with Gasteiger partial charge in [0.1, 0.15) is 5.82 Å². The Balaban J connectivity index is 1.63. The number of hydrogen-bond acceptors (Lipinski definition) is 5. The van der Waals surface area contributed by atoms with E-state index in [2.05, 4.69) is 10.2 Å². The van der Waals surface area contributed by atoms with Crippen molar-refractivity contribution < 1.29 is 21.2 Å². The highest BCUT2D eigenvalue weighted by Crippen LogP contribution is 2.21. The summed E-state index contributed by atoms with van der Waals surface area (Å²) in [5.41, 5.74) is 2.30. The van der Waals surface area contributed by atoms with Gasteiger partial charge in [0.15, 0.2) is 9.84 Å². The zero-order valence-electron chi connectivity index (χ0n) is 16.5. The van der Waals surface area contributed by atoms with E-state index in [0.29, 0.717) is 18.5 Å². The Morgan fingerprint density at radius 3 is 2.33 bits per heavy atom. The molecule has 1 N–H and O–H groups in total. The van der Waals surface area contributed by atoms with Crippen molar-refractivity contribution in [1.82, 2.24) is 14.5 Å². The third-order valence-electron chi connectivity index (χ3n) is 4.63. The third-order valence-corrected chi connectivity index (χ3v) is 7.59. The summed E-state index contributed by atoms with van der Waals surface area (Å²) in [6, 6.07) is 13.2. The number of rotatable bonds is 8. The lowest BCUT2D eigenvalue weighted by Gasteiger charge is -2.17. The van der Waals surface area contributed by atoms with Crippen LogP contribution in [0.15, 0.2) is 64.4 Å². The van der Waals surface area contributed by atoms with E-state index >= 15 is 0 Å². The summed E-state index contributed by atoms with van der Waals surface area (Å²) in [4.78, 5) is -0.101. The largest absolute Gasteiger partial charge is 0.282 e. The van der Waals surface area contributed by atoms with Gasteiger partial charge in [0, 0.05) is 31.1 Å². The molecule has 0 spiro atoms. The van der Waals surface area contributed by atoms with Gasteiger partial charge in [0.05, 0.1) is 15.5 Å². The van der Waals surface area contributed by atoms with Crippen LogP contribution in [-0.4, -0.2) is 51.2 Å². The maximum atomic E-state index is 13.0. The first kappa shape index (κ1) is 22.1. The molecule has 0 radical (unpaired) electrons. The maximum absolute atomic E-state index is 13.0. The first-order valence-electron chi connectivity index (χ1n) is 9.14. The monoisotopic (exact) mass is 451 g/mol. The minimum atomic E-state index is -3.81. The van der Waals surface area contributed by atoms with Gasteiger partial charge >= 0.3 is 0 Å². The van der Waals surface area contributed by atoms with Crippen molar-refractivity contribution in [2.24, 2.45) is 0 Å². The maximum Gasteiger partial charge on any atom is 0.242 e. The molecule has 0 unspecified atom stereocenters. The molecule has 0 saturated heterocycles. The predicted octanol–water partition coefficient (Wildman–Crippen LogP) is 2.87. The van der Waals surface area contributed by atoms with Crippen LogP contribution in [0.2, 0.25) is 0 Å². The van der Waals surface area contributed by atoms with E-state index in [1.165, 1.54) is 47.8 Å². The van der Waals surface area contributed by atoms with Gasteiger partial charge in [0.2, 0.25) is 10.0 Å². The molecular formula is C20H22FN3O4S2. The van der Waals surface area contributed by atoms with Gasteiger partial charge in [-0.15, -0.1) is 0 Å². The Kier molecular flexibility index (Phi) is 6.39. The standard InChI is InChI=1S/C20H22FN3O4S2/c1-24(30(27,28)19-7-3-6-18(14-19)29(2,25)26)12-4-5-17-13-20(23-22-17)15-8-10-16(21)11-9-15/h3,6-11,13-14H,4-5,12H2,1-2H3,(H,22,23). The number of nitrogens with one attached hydrogen (secondary N) is 1. The molecule has 2 aromatic carbocycles. The van der Waals surface area contributed by atoms with Crippen molar-refractivity contribution in [2.75, 3.05) is 19.8 Å². The smallest absolute Gasteiger partial charge is 0.242 e. The molecule has 3 rings (SSSR count). The molecule has 0 amide bonds. The second kappa shape index (κ2) is 8.66. The number of sulfone groups is 1. The lowest BCUT2D eigenvalue weighted by atomic mass is 10.1. The van der Waals surface area contributed by atoms with E-state index < -0.39 is 19.9 Å². The lowest BCUT2D eigenvalue weighted by Crippen LogP contribution is -2.28. The van der Waals surface area contributed by atoms with Crippen LogP contribution in [0.1, 0.15) is 12.1 Å². The molecule has 1 heterocycles. The summed E-state index contributed by atoms with van der Waals surface area (Å²) in [6.45, 7) is 0.246. The van der Waals surface area contributed by atoms with Crippen molar-refractivity contribution in [1.29, 1.82) is 0 Å². The quantitative estimate of drug-likeness (QED) is 0.568. The Bertz CT molecular complexity index is 1240. The van der Waals surface area contributed by atoms with Crippen molar-refractivity contribution in [3.05, 3.63) is 66.1 Å². The Hall–Kier alpha value is -2.56. The third kappa shape index (κ3) is 5.13. The molecule has 0 aliphatic carbocycles. The van der Waals surface area contributed by atoms with Crippen LogP contribution in [0, 0.1) is 5.82 Å². The summed E-state index contributed by atoms with van der Waals surface area (Å²) in [7, 11) is -5.85. The summed E-state index contributed by atoms with van der Waals surface area (Å²) < 4.78 is 63.1. The second-order valence-corrected chi connectivity index (χ2v) is 11.0. The first-order valence-corrected chi connectivity index (χ1v) is 12.5. The van der Waals surface area contributed by atoms with Crippen LogP contribution in [0.3, 0.4) is 0 Å². The Morgan fingerprint density at radius 2 is 1.67 bits per heavy atom. The number of aryl methyl sites for hydroxylation is 1. The van der Waals surface area contributed by atoms with E-state index in [9.17, 15) is 21.2 Å². The Morgan fingerprint density at radius 1 is 1.00 bits per heavy atom. The molecule has 7 nitrogen and oxygen atoms in total. The van der Waals surface area contributed by atoms with Gasteiger partial charge < -0.3 is 0 Å². The van der Waals surface area contributed by atoms with Gasteiger partial charge in [0.25, 0.3) is 0 Å². The second-order valence-electron chi connectivity index (χ2n) is 6.96. The average molecular weight is 452 g/mol. The molecule has 0 saturated carbocycles. The highest BCUT2D eigenvalue weighted by atomic mass is 32.2. The van der Waals surface area contributed by atoms with Crippen molar-refractivity contribution in [3.8, 4) is 11.3 Å². The zero-order chi connectivity index (χ0) is 21.9. The van der Waals surface area contributed by atoms with E-state index in [-0.39, 0.29) is 22.2 Å². The molecule has 0 fully saturated rings. The molecule has 0 atom stereocenters.